The fourth-order valence-corrected chi connectivity index (χ4v) is 7.53. The van der Waals surface area contributed by atoms with Crippen molar-refractivity contribution in [2.24, 2.45) is 0 Å². The van der Waals surface area contributed by atoms with Crippen molar-refractivity contribution in [3.05, 3.63) is 109 Å². The molecule has 0 radical (unpaired) electrons. The monoisotopic (exact) mass is 957 g/mol. The summed E-state index contributed by atoms with van der Waals surface area (Å²) in [6.45, 7) is 6.42. The van der Waals surface area contributed by atoms with Gasteiger partial charge in [-0.15, -0.1) is 0 Å². The van der Waals surface area contributed by atoms with Gasteiger partial charge in [-0.3, -0.25) is 14.4 Å². The van der Waals surface area contributed by atoms with Crippen LogP contribution in [0.2, 0.25) is 0 Å². The number of carbonyl (C=O) groups is 3. The molecule has 6 nitrogen and oxygen atoms in total. The van der Waals surface area contributed by atoms with Gasteiger partial charge in [0.25, 0.3) is 0 Å². The summed E-state index contributed by atoms with van der Waals surface area (Å²) in [7, 11) is 0. The number of hydrogen-bond donors (Lipinski definition) is 0. The van der Waals surface area contributed by atoms with Crippen LogP contribution in [0.1, 0.15) is 252 Å². The van der Waals surface area contributed by atoms with Gasteiger partial charge in [-0.05, 0) is 96.3 Å². The highest BCUT2D eigenvalue weighted by atomic mass is 16.6. The van der Waals surface area contributed by atoms with Crippen LogP contribution < -0.4 is 0 Å². The second kappa shape index (κ2) is 56.7. The van der Waals surface area contributed by atoms with E-state index < -0.39 is 6.10 Å². The highest BCUT2D eigenvalue weighted by Gasteiger charge is 2.19. The lowest BCUT2D eigenvalue weighted by Crippen LogP contribution is -2.30. The molecule has 0 fully saturated rings. The van der Waals surface area contributed by atoms with Crippen molar-refractivity contribution in [1.82, 2.24) is 0 Å². The van der Waals surface area contributed by atoms with Gasteiger partial charge in [0.05, 0.1) is 0 Å². The number of rotatable bonds is 50. The topological polar surface area (TPSA) is 78.9 Å². The summed E-state index contributed by atoms with van der Waals surface area (Å²) < 4.78 is 16.8. The van der Waals surface area contributed by atoms with Crippen LogP contribution in [-0.2, 0) is 28.6 Å². The van der Waals surface area contributed by atoms with E-state index in [4.69, 9.17) is 14.2 Å². The first kappa shape index (κ1) is 65.1. The van der Waals surface area contributed by atoms with Gasteiger partial charge in [-0.2, -0.15) is 0 Å². The Morgan fingerprint density at radius 1 is 0.304 bits per heavy atom. The molecule has 0 saturated heterocycles. The summed E-state index contributed by atoms with van der Waals surface area (Å²) >= 11 is 0. The zero-order valence-electron chi connectivity index (χ0n) is 44.8. The molecule has 0 N–H and O–H groups in total. The van der Waals surface area contributed by atoms with E-state index in [0.717, 1.165) is 103 Å². The average molecular weight is 958 g/mol. The van der Waals surface area contributed by atoms with E-state index in [9.17, 15) is 14.4 Å². The molecule has 0 aliphatic carbocycles. The highest BCUT2D eigenvalue weighted by molar-refractivity contribution is 5.71. The van der Waals surface area contributed by atoms with Gasteiger partial charge in [0, 0.05) is 19.3 Å². The number of hydrogen-bond acceptors (Lipinski definition) is 6. The zero-order chi connectivity index (χ0) is 50.0. The molecule has 0 aliphatic heterocycles. The van der Waals surface area contributed by atoms with E-state index >= 15 is 0 Å². The molecule has 392 valence electrons. The SMILES string of the molecule is CC/C=C\C/C=C\C/C=C\C/C=C\C/C=C\C/C=C\CCC(=O)OCC(COC(=O)CCCCCCCCCCCCCCC)OC(=O)CCCCCCCC/C=C\C/C=C\C/C=C\CCCCC. The van der Waals surface area contributed by atoms with Gasteiger partial charge in [-0.25, -0.2) is 0 Å². The van der Waals surface area contributed by atoms with Crippen molar-refractivity contribution in [1.29, 1.82) is 0 Å². The van der Waals surface area contributed by atoms with Gasteiger partial charge in [0.1, 0.15) is 13.2 Å². The van der Waals surface area contributed by atoms with E-state index in [0.29, 0.717) is 19.3 Å². The van der Waals surface area contributed by atoms with E-state index in [1.165, 1.54) is 103 Å². The van der Waals surface area contributed by atoms with Gasteiger partial charge >= 0.3 is 17.9 Å². The molecule has 0 heterocycles. The molecule has 6 heteroatoms. The second-order valence-electron chi connectivity index (χ2n) is 18.5. The van der Waals surface area contributed by atoms with Gasteiger partial charge in [0.15, 0.2) is 6.10 Å². The third-order valence-corrected chi connectivity index (χ3v) is 11.8. The van der Waals surface area contributed by atoms with Crippen LogP contribution in [0.4, 0.5) is 0 Å². The Balaban J connectivity index is 4.52. The molecule has 69 heavy (non-hydrogen) atoms. The predicted octanol–water partition coefficient (Wildman–Crippen LogP) is 19.1. The van der Waals surface area contributed by atoms with E-state index in [-0.39, 0.29) is 37.5 Å². The maximum Gasteiger partial charge on any atom is 0.306 e. The number of unbranched alkanes of at least 4 members (excludes halogenated alkanes) is 21. The van der Waals surface area contributed by atoms with Gasteiger partial charge < -0.3 is 14.2 Å². The fourth-order valence-electron chi connectivity index (χ4n) is 7.53. The summed E-state index contributed by atoms with van der Waals surface area (Å²) in [5.74, 6) is -1.01. The Morgan fingerprint density at radius 2 is 0.594 bits per heavy atom. The summed E-state index contributed by atoms with van der Waals surface area (Å²) in [6, 6.07) is 0. The minimum atomic E-state index is -0.816. The lowest BCUT2D eigenvalue weighted by Gasteiger charge is -2.18. The Bertz CT molecular complexity index is 1420. The quantitative estimate of drug-likeness (QED) is 0.0262. The lowest BCUT2D eigenvalue weighted by atomic mass is 10.0. The standard InChI is InChI=1S/C63H104O6/c1-4-7-10-13-16-19-22-25-27-29-31-33-35-38-41-44-47-50-53-56-62(65)68-59-60(58-67-61(64)55-52-49-46-43-40-37-24-21-18-15-12-9-6-3)69-63(66)57-54-51-48-45-42-39-36-34-32-30-28-26-23-20-17-14-11-8-5-2/h7,10,16-17,19-20,25-28,31-34,38,41,47,50,60H,4-6,8-9,11-15,18,21-24,29-30,35-37,39-40,42-46,48-49,51-59H2,1-3H3/b10-7-,19-16-,20-17-,27-25-,28-26-,33-31-,34-32-,41-38-,50-47-. The molecule has 0 amide bonds. The number of allylic oxidation sites excluding steroid dienone is 18. The Kier molecular flexibility index (Phi) is 53.4. The third-order valence-electron chi connectivity index (χ3n) is 11.8. The predicted molar refractivity (Wildman–Crippen MR) is 297 cm³/mol. The van der Waals surface area contributed by atoms with Crippen molar-refractivity contribution < 1.29 is 28.6 Å². The number of ether oxygens (including phenoxy) is 3. The minimum absolute atomic E-state index is 0.106. The Hall–Kier alpha value is -3.93. The van der Waals surface area contributed by atoms with E-state index in [2.05, 4.69) is 124 Å². The Morgan fingerprint density at radius 3 is 1.00 bits per heavy atom. The largest absolute Gasteiger partial charge is 0.462 e. The van der Waals surface area contributed by atoms with Crippen LogP contribution >= 0.6 is 0 Å². The van der Waals surface area contributed by atoms with Crippen molar-refractivity contribution in [3.63, 3.8) is 0 Å². The van der Waals surface area contributed by atoms with Crippen molar-refractivity contribution in [3.8, 4) is 0 Å². The summed E-state index contributed by atoms with van der Waals surface area (Å²) in [5.41, 5.74) is 0. The molecule has 0 aromatic rings. The number of carbonyl (C=O) groups excluding carboxylic acids is 3. The second-order valence-corrected chi connectivity index (χ2v) is 18.5. The van der Waals surface area contributed by atoms with Crippen LogP contribution in [0.5, 0.6) is 0 Å². The first-order valence-electron chi connectivity index (χ1n) is 28.4. The molecule has 0 aromatic carbocycles. The molecule has 1 unspecified atom stereocenters. The summed E-state index contributed by atoms with van der Waals surface area (Å²) in [4.78, 5) is 38.1. The molecule has 0 saturated carbocycles. The smallest absolute Gasteiger partial charge is 0.306 e. The fraction of sp³-hybridized carbons (Fsp3) is 0.667. The van der Waals surface area contributed by atoms with Crippen molar-refractivity contribution >= 4 is 17.9 Å². The van der Waals surface area contributed by atoms with E-state index in [1.807, 2.05) is 6.08 Å². The number of esters is 3. The summed E-state index contributed by atoms with van der Waals surface area (Å²) in [6.07, 6.45) is 76.5. The third kappa shape index (κ3) is 54.9. The zero-order valence-corrected chi connectivity index (χ0v) is 44.8. The highest BCUT2D eigenvalue weighted by Crippen LogP contribution is 2.15. The molecular formula is C63H104O6. The molecule has 0 aromatic heterocycles. The van der Waals surface area contributed by atoms with Crippen LogP contribution in [0.15, 0.2) is 109 Å². The van der Waals surface area contributed by atoms with Crippen molar-refractivity contribution in [2.75, 3.05) is 13.2 Å². The summed E-state index contributed by atoms with van der Waals surface area (Å²) in [5, 5.41) is 0. The van der Waals surface area contributed by atoms with Crippen LogP contribution in [0, 0.1) is 0 Å². The first-order chi connectivity index (χ1) is 34.0. The van der Waals surface area contributed by atoms with Crippen LogP contribution in [0.25, 0.3) is 0 Å². The van der Waals surface area contributed by atoms with Crippen molar-refractivity contribution in [2.45, 2.75) is 258 Å². The lowest BCUT2D eigenvalue weighted by molar-refractivity contribution is -0.166. The molecule has 0 aliphatic rings. The molecule has 1 atom stereocenters. The maximum absolute atomic E-state index is 12.9. The Labute approximate surface area is 425 Å². The maximum atomic E-state index is 12.9. The normalized spacial score (nSPS) is 12.9. The molecular weight excluding hydrogens is 853 g/mol. The van der Waals surface area contributed by atoms with Gasteiger partial charge in [0.2, 0.25) is 0 Å². The first-order valence-corrected chi connectivity index (χ1v) is 28.4. The molecule has 0 spiro atoms. The molecule has 0 rings (SSSR count). The minimum Gasteiger partial charge on any atom is -0.462 e. The van der Waals surface area contributed by atoms with Crippen LogP contribution in [-0.4, -0.2) is 37.2 Å². The molecule has 0 bridgehead atoms. The van der Waals surface area contributed by atoms with E-state index in [1.54, 1.807) is 0 Å². The average Bonchev–Trinajstić information content (AvgIpc) is 3.35. The van der Waals surface area contributed by atoms with Gasteiger partial charge in [-0.1, -0.05) is 246 Å². The van der Waals surface area contributed by atoms with Crippen LogP contribution in [0.3, 0.4) is 0 Å².